The standard InChI is InChI=1S/C20H22O3/c1-14(2)17-10-9-15(3)13-19(17)23-20(22)12-11-18(21)16-7-5-4-6-8-16/h4-10,13-14H,11-12H2,1-3H3. The van der Waals surface area contributed by atoms with E-state index in [1.54, 1.807) is 12.1 Å². The topological polar surface area (TPSA) is 43.4 Å². The lowest BCUT2D eigenvalue weighted by molar-refractivity contribution is -0.134. The molecule has 0 saturated carbocycles. The van der Waals surface area contributed by atoms with Crippen LogP contribution in [0.15, 0.2) is 48.5 Å². The van der Waals surface area contributed by atoms with Gasteiger partial charge in [-0.05, 0) is 30.0 Å². The Bertz CT molecular complexity index is 687. The molecule has 0 amide bonds. The Labute approximate surface area is 137 Å². The zero-order valence-corrected chi connectivity index (χ0v) is 13.8. The molecule has 0 unspecified atom stereocenters. The van der Waals surface area contributed by atoms with Gasteiger partial charge < -0.3 is 4.74 Å². The van der Waals surface area contributed by atoms with Crippen LogP contribution < -0.4 is 4.74 Å². The number of carbonyl (C=O) groups excluding carboxylic acids is 2. The Kier molecular flexibility index (Phi) is 5.69. The summed E-state index contributed by atoms with van der Waals surface area (Å²) in [6, 6.07) is 14.8. The van der Waals surface area contributed by atoms with E-state index in [0.717, 1.165) is 11.1 Å². The maximum Gasteiger partial charge on any atom is 0.311 e. The molecule has 0 fully saturated rings. The summed E-state index contributed by atoms with van der Waals surface area (Å²) < 4.78 is 5.48. The lowest BCUT2D eigenvalue weighted by Gasteiger charge is -2.13. The number of Topliss-reactive ketones (excluding diaryl/α,β-unsaturated/α-hetero) is 1. The van der Waals surface area contributed by atoms with E-state index in [-0.39, 0.29) is 30.5 Å². The molecule has 120 valence electrons. The number of ketones is 1. The minimum absolute atomic E-state index is 0.0455. The number of carbonyl (C=O) groups is 2. The van der Waals surface area contributed by atoms with Crippen molar-refractivity contribution in [3.8, 4) is 5.75 Å². The second-order valence-electron chi connectivity index (χ2n) is 5.96. The van der Waals surface area contributed by atoms with E-state index >= 15 is 0 Å². The molecule has 2 rings (SSSR count). The largest absolute Gasteiger partial charge is 0.426 e. The van der Waals surface area contributed by atoms with E-state index in [0.29, 0.717) is 11.3 Å². The van der Waals surface area contributed by atoms with Crippen molar-refractivity contribution in [1.29, 1.82) is 0 Å². The molecule has 0 radical (unpaired) electrons. The molecule has 2 aromatic carbocycles. The van der Waals surface area contributed by atoms with Crippen LogP contribution in [-0.4, -0.2) is 11.8 Å². The van der Waals surface area contributed by atoms with Gasteiger partial charge in [0.1, 0.15) is 5.75 Å². The van der Waals surface area contributed by atoms with Gasteiger partial charge in [-0.3, -0.25) is 9.59 Å². The molecule has 0 spiro atoms. The first-order chi connectivity index (χ1) is 11.0. The SMILES string of the molecule is Cc1ccc(C(C)C)c(OC(=O)CCC(=O)c2ccccc2)c1. The van der Waals surface area contributed by atoms with Crippen LogP contribution >= 0.6 is 0 Å². The highest BCUT2D eigenvalue weighted by atomic mass is 16.5. The van der Waals surface area contributed by atoms with E-state index in [9.17, 15) is 9.59 Å². The van der Waals surface area contributed by atoms with Gasteiger partial charge in [0.2, 0.25) is 0 Å². The second kappa shape index (κ2) is 7.73. The van der Waals surface area contributed by atoms with Crippen molar-refractivity contribution in [3.05, 3.63) is 65.2 Å². The van der Waals surface area contributed by atoms with Crippen molar-refractivity contribution < 1.29 is 14.3 Å². The van der Waals surface area contributed by atoms with Crippen LogP contribution in [0, 0.1) is 6.92 Å². The molecule has 0 aliphatic rings. The predicted octanol–water partition coefficient (Wildman–Crippen LogP) is 4.69. The lowest BCUT2D eigenvalue weighted by atomic mass is 10.0. The monoisotopic (exact) mass is 310 g/mol. The van der Waals surface area contributed by atoms with Crippen LogP contribution in [0.4, 0.5) is 0 Å². The molecule has 0 aliphatic carbocycles. The minimum Gasteiger partial charge on any atom is -0.426 e. The zero-order chi connectivity index (χ0) is 16.8. The summed E-state index contributed by atoms with van der Waals surface area (Å²) in [7, 11) is 0. The zero-order valence-electron chi connectivity index (χ0n) is 13.8. The average molecular weight is 310 g/mol. The van der Waals surface area contributed by atoms with E-state index in [1.807, 2.05) is 43.3 Å². The first-order valence-corrected chi connectivity index (χ1v) is 7.87. The second-order valence-corrected chi connectivity index (χ2v) is 5.96. The maximum absolute atomic E-state index is 12.1. The molecule has 3 heteroatoms. The van der Waals surface area contributed by atoms with Gasteiger partial charge in [0.05, 0.1) is 6.42 Å². The molecule has 3 nitrogen and oxygen atoms in total. The van der Waals surface area contributed by atoms with Crippen molar-refractivity contribution in [2.75, 3.05) is 0 Å². The number of esters is 1. The average Bonchev–Trinajstić information content (AvgIpc) is 2.53. The summed E-state index contributed by atoms with van der Waals surface area (Å²) in [5, 5.41) is 0. The van der Waals surface area contributed by atoms with Crippen LogP contribution in [-0.2, 0) is 4.79 Å². The Morgan fingerprint density at radius 1 is 1.00 bits per heavy atom. The van der Waals surface area contributed by atoms with Gasteiger partial charge in [-0.1, -0.05) is 56.3 Å². The minimum atomic E-state index is -0.373. The number of hydrogen-bond donors (Lipinski definition) is 0. The van der Waals surface area contributed by atoms with Crippen LogP contribution in [0.2, 0.25) is 0 Å². The van der Waals surface area contributed by atoms with E-state index in [1.165, 1.54) is 0 Å². The number of hydrogen-bond acceptors (Lipinski definition) is 3. The molecule has 0 atom stereocenters. The van der Waals surface area contributed by atoms with Crippen molar-refractivity contribution >= 4 is 11.8 Å². The number of aryl methyl sites for hydroxylation is 1. The third kappa shape index (κ3) is 4.78. The summed E-state index contributed by atoms with van der Waals surface area (Å²) >= 11 is 0. The van der Waals surface area contributed by atoms with Crippen LogP contribution in [0.3, 0.4) is 0 Å². The van der Waals surface area contributed by atoms with Gasteiger partial charge >= 0.3 is 5.97 Å². The molecular formula is C20H22O3. The predicted molar refractivity (Wildman–Crippen MR) is 90.9 cm³/mol. The quantitative estimate of drug-likeness (QED) is 0.442. The highest BCUT2D eigenvalue weighted by Gasteiger charge is 2.14. The highest BCUT2D eigenvalue weighted by Crippen LogP contribution is 2.27. The fourth-order valence-corrected chi connectivity index (χ4v) is 2.36. The summed E-state index contributed by atoms with van der Waals surface area (Å²) in [6.45, 7) is 6.07. The van der Waals surface area contributed by atoms with Crippen LogP contribution in [0.25, 0.3) is 0 Å². The molecule has 23 heavy (non-hydrogen) atoms. The normalized spacial score (nSPS) is 10.6. The molecule has 0 heterocycles. The van der Waals surface area contributed by atoms with Gasteiger partial charge in [0, 0.05) is 12.0 Å². The number of ether oxygens (including phenoxy) is 1. The van der Waals surface area contributed by atoms with Gasteiger partial charge in [0.15, 0.2) is 5.78 Å². The lowest BCUT2D eigenvalue weighted by Crippen LogP contribution is -2.12. The summed E-state index contributed by atoms with van der Waals surface area (Å²) in [5.74, 6) is 0.444. The fourth-order valence-electron chi connectivity index (χ4n) is 2.36. The Balaban J connectivity index is 1.98. The summed E-state index contributed by atoms with van der Waals surface area (Å²) in [5.41, 5.74) is 2.66. The number of rotatable bonds is 6. The summed E-state index contributed by atoms with van der Waals surface area (Å²) in [4.78, 5) is 24.1. The van der Waals surface area contributed by atoms with Gasteiger partial charge in [-0.2, -0.15) is 0 Å². The smallest absolute Gasteiger partial charge is 0.311 e. The third-order valence-corrected chi connectivity index (χ3v) is 3.67. The van der Waals surface area contributed by atoms with Gasteiger partial charge in [-0.25, -0.2) is 0 Å². The van der Waals surface area contributed by atoms with E-state index in [2.05, 4.69) is 13.8 Å². The Morgan fingerprint density at radius 2 is 1.70 bits per heavy atom. The van der Waals surface area contributed by atoms with Crippen molar-refractivity contribution in [3.63, 3.8) is 0 Å². The Morgan fingerprint density at radius 3 is 2.35 bits per heavy atom. The summed E-state index contributed by atoms with van der Waals surface area (Å²) in [6.07, 6.45) is 0.241. The van der Waals surface area contributed by atoms with E-state index in [4.69, 9.17) is 4.74 Å². The molecule has 0 aromatic heterocycles. The third-order valence-electron chi connectivity index (χ3n) is 3.67. The van der Waals surface area contributed by atoms with Crippen LogP contribution in [0.1, 0.15) is 54.1 Å². The first-order valence-electron chi connectivity index (χ1n) is 7.87. The van der Waals surface area contributed by atoms with Crippen molar-refractivity contribution in [1.82, 2.24) is 0 Å². The molecular weight excluding hydrogens is 288 g/mol. The van der Waals surface area contributed by atoms with Gasteiger partial charge in [-0.15, -0.1) is 0 Å². The molecule has 2 aromatic rings. The molecule has 0 bridgehead atoms. The van der Waals surface area contributed by atoms with Crippen molar-refractivity contribution in [2.24, 2.45) is 0 Å². The van der Waals surface area contributed by atoms with Crippen LogP contribution in [0.5, 0.6) is 5.75 Å². The highest BCUT2D eigenvalue weighted by molar-refractivity contribution is 5.97. The number of benzene rings is 2. The Hall–Kier alpha value is -2.42. The molecule has 0 aliphatic heterocycles. The van der Waals surface area contributed by atoms with Crippen molar-refractivity contribution in [2.45, 2.75) is 39.5 Å². The molecule has 0 N–H and O–H groups in total. The molecule has 0 saturated heterocycles. The maximum atomic E-state index is 12.1. The fraction of sp³-hybridized carbons (Fsp3) is 0.300. The van der Waals surface area contributed by atoms with E-state index < -0.39 is 0 Å². The first kappa shape index (κ1) is 16.9. The van der Waals surface area contributed by atoms with Gasteiger partial charge in [0.25, 0.3) is 0 Å².